The third-order valence-corrected chi connectivity index (χ3v) is 7.03. The third-order valence-electron chi connectivity index (χ3n) is 4.73. The maximum atomic E-state index is 12.7. The van der Waals surface area contributed by atoms with Gasteiger partial charge in [0.05, 0.1) is 9.80 Å². The minimum Gasteiger partial charge on any atom is -0.457 e. The maximum Gasteiger partial charge on any atom is 0.266 e. The Kier molecular flexibility index (Phi) is 7.51. The average Bonchev–Trinajstić information content (AvgIpc) is 3.27. The Hall–Kier alpha value is -1.94. The van der Waals surface area contributed by atoms with E-state index >= 15 is 0 Å². The van der Waals surface area contributed by atoms with Crippen LogP contribution in [0.3, 0.4) is 0 Å². The fourth-order valence-corrected chi connectivity index (χ4v) is 4.89. The molecule has 0 unspecified atom stereocenters. The van der Waals surface area contributed by atoms with Gasteiger partial charge >= 0.3 is 0 Å². The van der Waals surface area contributed by atoms with Crippen molar-refractivity contribution in [3.05, 3.63) is 47.1 Å². The summed E-state index contributed by atoms with van der Waals surface area (Å²) in [6, 6.07) is 9.64. The van der Waals surface area contributed by atoms with E-state index in [1.54, 1.807) is 35.2 Å². The number of unbranched alkanes of at least 4 members (excludes halogenated alkanes) is 4. The second-order valence-corrected chi connectivity index (χ2v) is 10.3. The number of thiocarbonyl (C=S) groups is 1. The molecule has 1 amide bonds. The highest BCUT2D eigenvalue weighted by atomic mass is 32.2. The Morgan fingerprint density at radius 3 is 2.47 bits per heavy atom. The number of primary sulfonamides is 1. The van der Waals surface area contributed by atoms with Crippen molar-refractivity contribution in [3.8, 4) is 11.3 Å². The zero-order chi connectivity index (χ0) is 21.7. The molecule has 1 fully saturated rings. The summed E-state index contributed by atoms with van der Waals surface area (Å²) in [5.74, 6) is 1.01. The van der Waals surface area contributed by atoms with Gasteiger partial charge in [-0.2, -0.15) is 0 Å². The number of benzene rings is 1. The van der Waals surface area contributed by atoms with Crippen molar-refractivity contribution < 1.29 is 17.6 Å². The molecule has 1 aromatic heterocycles. The molecule has 2 aromatic rings. The van der Waals surface area contributed by atoms with Crippen LogP contribution in [0.1, 0.15) is 44.8 Å². The standard InChI is InChI=1S/C21H24N2O4S3/c1-2-3-4-5-6-13-23-20(24)19(29-21(23)28)14-16-9-12-18(27-16)15-7-10-17(11-8-15)30(22,25)26/h7-12,14H,2-6,13H2,1H3,(H2,22,25,26)/b19-14+. The molecule has 30 heavy (non-hydrogen) atoms. The summed E-state index contributed by atoms with van der Waals surface area (Å²) in [6.07, 6.45) is 7.30. The van der Waals surface area contributed by atoms with E-state index in [0.717, 1.165) is 12.8 Å². The lowest BCUT2D eigenvalue weighted by Gasteiger charge is -2.13. The summed E-state index contributed by atoms with van der Waals surface area (Å²) in [4.78, 5) is 14.9. The van der Waals surface area contributed by atoms with Gasteiger partial charge in [-0.25, -0.2) is 13.6 Å². The van der Waals surface area contributed by atoms with E-state index in [1.165, 1.54) is 43.2 Å². The summed E-state index contributed by atoms with van der Waals surface area (Å²) in [7, 11) is -3.74. The molecule has 1 aliphatic rings. The minimum atomic E-state index is -3.74. The number of hydrogen-bond donors (Lipinski definition) is 1. The Labute approximate surface area is 186 Å². The number of sulfonamides is 1. The number of hydrogen-bond acceptors (Lipinski definition) is 6. The molecule has 2 N–H and O–H groups in total. The van der Waals surface area contributed by atoms with Gasteiger partial charge < -0.3 is 4.42 Å². The third kappa shape index (κ3) is 5.60. The lowest BCUT2D eigenvalue weighted by molar-refractivity contribution is -0.122. The first-order valence-corrected chi connectivity index (χ1v) is 12.5. The monoisotopic (exact) mass is 464 g/mol. The quantitative estimate of drug-likeness (QED) is 0.326. The highest BCUT2D eigenvalue weighted by Gasteiger charge is 2.31. The van der Waals surface area contributed by atoms with E-state index in [-0.39, 0.29) is 10.8 Å². The summed E-state index contributed by atoms with van der Waals surface area (Å²) >= 11 is 6.66. The van der Waals surface area contributed by atoms with Crippen LogP contribution in [-0.4, -0.2) is 30.1 Å². The van der Waals surface area contributed by atoms with Crippen LogP contribution < -0.4 is 5.14 Å². The Morgan fingerprint density at radius 1 is 1.10 bits per heavy atom. The predicted molar refractivity (Wildman–Crippen MR) is 124 cm³/mol. The summed E-state index contributed by atoms with van der Waals surface area (Å²) in [6.45, 7) is 2.82. The second kappa shape index (κ2) is 9.91. The summed E-state index contributed by atoms with van der Waals surface area (Å²) in [5, 5.41) is 5.12. The van der Waals surface area contributed by atoms with E-state index < -0.39 is 10.0 Å². The molecule has 1 aromatic carbocycles. The SMILES string of the molecule is CCCCCCCN1C(=O)/C(=C\c2ccc(-c3ccc(S(N)(=O)=O)cc3)o2)SC1=S. The van der Waals surface area contributed by atoms with Crippen molar-refractivity contribution >= 4 is 50.3 Å². The van der Waals surface area contributed by atoms with Gasteiger partial charge in [0.2, 0.25) is 10.0 Å². The molecule has 9 heteroatoms. The van der Waals surface area contributed by atoms with Gasteiger partial charge in [-0.3, -0.25) is 9.69 Å². The molecule has 2 heterocycles. The molecule has 1 saturated heterocycles. The predicted octanol–water partition coefficient (Wildman–Crippen LogP) is 4.77. The number of rotatable bonds is 9. The number of carbonyl (C=O) groups is 1. The van der Waals surface area contributed by atoms with Crippen LogP contribution in [0, 0.1) is 0 Å². The number of thioether (sulfide) groups is 1. The van der Waals surface area contributed by atoms with E-state index in [0.29, 0.717) is 32.9 Å². The van der Waals surface area contributed by atoms with Gasteiger partial charge in [0.15, 0.2) is 0 Å². The number of carbonyl (C=O) groups excluding carboxylic acids is 1. The minimum absolute atomic E-state index is 0.0383. The smallest absolute Gasteiger partial charge is 0.266 e. The van der Waals surface area contributed by atoms with Crippen molar-refractivity contribution in [1.82, 2.24) is 4.90 Å². The van der Waals surface area contributed by atoms with E-state index in [4.69, 9.17) is 21.8 Å². The van der Waals surface area contributed by atoms with Crippen molar-refractivity contribution in [2.45, 2.75) is 43.9 Å². The summed E-state index contributed by atoms with van der Waals surface area (Å²) in [5.41, 5.74) is 0.710. The van der Waals surface area contributed by atoms with E-state index in [9.17, 15) is 13.2 Å². The first-order valence-electron chi connectivity index (χ1n) is 9.78. The molecule has 0 saturated carbocycles. The van der Waals surface area contributed by atoms with Crippen LogP contribution in [-0.2, 0) is 14.8 Å². The van der Waals surface area contributed by atoms with Crippen molar-refractivity contribution in [3.63, 3.8) is 0 Å². The van der Waals surface area contributed by atoms with Crippen LogP contribution >= 0.6 is 24.0 Å². The Morgan fingerprint density at radius 2 is 1.80 bits per heavy atom. The number of amides is 1. The molecule has 0 aliphatic carbocycles. The molecule has 0 bridgehead atoms. The van der Waals surface area contributed by atoms with Crippen LogP contribution in [0.25, 0.3) is 17.4 Å². The summed E-state index contributed by atoms with van der Waals surface area (Å²) < 4.78 is 29.1. The number of nitrogens with zero attached hydrogens (tertiary/aromatic N) is 1. The largest absolute Gasteiger partial charge is 0.457 e. The van der Waals surface area contributed by atoms with E-state index in [1.807, 2.05) is 0 Å². The number of nitrogens with two attached hydrogens (primary N) is 1. The highest BCUT2D eigenvalue weighted by molar-refractivity contribution is 8.26. The van der Waals surface area contributed by atoms with Gasteiger partial charge in [0.1, 0.15) is 15.8 Å². The molecule has 0 atom stereocenters. The normalized spacial score (nSPS) is 16.1. The van der Waals surface area contributed by atoms with Gasteiger partial charge in [-0.15, -0.1) is 0 Å². The zero-order valence-corrected chi connectivity index (χ0v) is 19.1. The van der Waals surface area contributed by atoms with Gasteiger partial charge in [-0.05, 0) is 42.8 Å². The first-order chi connectivity index (χ1) is 14.3. The van der Waals surface area contributed by atoms with Crippen molar-refractivity contribution in [2.75, 3.05) is 6.54 Å². The fourth-order valence-electron chi connectivity index (χ4n) is 3.09. The average molecular weight is 465 g/mol. The van der Waals surface area contributed by atoms with Crippen LogP contribution in [0.4, 0.5) is 0 Å². The lowest BCUT2D eigenvalue weighted by Crippen LogP contribution is -2.28. The molecular formula is C21H24N2O4S3. The zero-order valence-electron chi connectivity index (χ0n) is 16.7. The van der Waals surface area contributed by atoms with Crippen molar-refractivity contribution in [2.24, 2.45) is 5.14 Å². The fraction of sp³-hybridized carbons (Fsp3) is 0.333. The maximum absolute atomic E-state index is 12.7. The first kappa shape index (κ1) is 22.7. The van der Waals surface area contributed by atoms with E-state index in [2.05, 4.69) is 6.92 Å². The number of furan rings is 1. The molecule has 160 valence electrons. The molecule has 0 spiro atoms. The molecule has 3 rings (SSSR count). The van der Waals surface area contributed by atoms with Crippen LogP contribution in [0.5, 0.6) is 0 Å². The van der Waals surface area contributed by atoms with Gasteiger partial charge in [0.25, 0.3) is 5.91 Å². The Bertz CT molecular complexity index is 1060. The highest BCUT2D eigenvalue weighted by Crippen LogP contribution is 2.34. The lowest BCUT2D eigenvalue weighted by atomic mass is 10.1. The molecule has 6 nitrogen and oxygen atoms in total. The molecule has 1 aliphatic heterocycles. The van der Waals surface area contributed by atoms with Gasteiger partial charge in [0, 0.05) is 18.2 Å². The van der Waals surface area contributed by atoms with Crippen LogP contribution in [0.2, 0.25) is 0 Å². The molecule has 0 radical (unpaired) electrons. The van der Waals surface area contributed by atoms with Crippen molar-refractivity contribution in [1.29, 1.82) is 0 Å². The Balaban J connectivity index is 1.67. The topological polar surface area (TPSA) is 93.6 Å². The second-order valence-electron chi connectivity index (χ2n) is 7.02. The molecular weight excluding hydrogens is 440 g/mol. The van der Waals surface area contributed by atoms with Crippen LogP contribution in [0.15, 0.2) is 50.6 Å². The van der Waals surface area contributed by atoms with Gasteiger partial charge in [-0.1, -0.05) is 56.6 Å².